The van der Waals surface area contributed by atoms with Gasteiger partial charge < -0.3 is 68.2 Å². The summed E-state index contributed by atoms with van der Waals surface area (Å²) in [5.74, 6) is -1.20. The number of ether oxygens (including phenoxy) is 10. The van der Waals surface area contributed by atoms with Gasteiger partial charge in [0.1, 0.15) is 70.5 Å². The van der Waals surface area contributed by atoms with E-state index in [1.54, 1.807) is 14.1 Å². The van der Waals surface area contributed by atoms with E-state index in [-0.39, 0.29) is 34.8 Å². The van der Waals surface area contributed by atoms with Gasteiger partial charge in [0.15, 0.2) is 0 Å². The average Bonchev–Trinajstić information content (AvgIpc) is 1.00. The molecule has 0 saturated carbocycles. The molecule has 0 aliphatic carbocycles. The zero-order valence-corrected chi connectivity index (χ0v) is 57.4. The number of hydrogen-bond acceptors (Lipinski definition) is 16. The number of halogens is 1. The van der Waals surface area contributed by atoms with Crippen LogP contribution in [0.2, 0.25) is 0 Å². The molecule has 2 fully saturated rings. The van der Waals surface area contributed by atoms with E-state index in [0.29, 0.717) is 65.2 Å². The van der Waals surface area contributed by atoms with Crippen molar-refractivity contribution in [3.05, 3.63) is 287 Å². The normalized spacial score (nSPS) is 21.4. The van der Waals surface area contributed by atoms with Crippen LogP contribution in [0.1, 0.15) is 44.5 Å². The predicted molar refractivity (Wildman–Crippen MR) is 381 cm³/mol. The van der Waals surface area contributed by atoms with Crippen LogP contribution in [0.5, 0.6) is 0 Å². The summed E-state index contributed by atoms with van der Waals surface area (Å²) >= 11 is 7.51. The lowest BCUT2D eigenvalue weighted by atomic mass is 9.98. The Hall–Kier alpha value is -6.35. The standard InChI is InChI=1S/C38H43NO7S.C34H35IO5.C4H9NO2S/c1-39-32(37(40)41)27-47-38-36(45-25-31-20-12-5-13-21-31)35(44-24-30-18-10-4-11-19-30)34(43-23-29-16-8-3-9-17-29)33(46-38)26-42-22-28-14-6-2-7-15-28;35-34-33(39-24-29-19-11-4-12-20-29)32(38-23-28-17-9-3-10-18-28)31(37-22-27-15-7-2-8-16-27)30(40-34)25-36-21-26-13-5-1-6-14-26;1-5-3(2-8)4(6)7/h2-21,32-36,38-39H,22-27H2,1H3,(H,40,41);1-20,30-34H,21-25H2;3,5,8H,2H2,1H3,(H,6,7)/t32-,33?,34?,35?,36?,38?;;3-/m0.0/s1. The van der Waals surface area contributed by atoms with Gasteiger partial charge in [-0.2, -0.15) is 12.6 Å². The maximum Gasteiger partial charge on any atom is 0.321 e. The molecule has 504 valence electrons. The van der Waals surface area contributed by atoms with Crippen molar-refractivity contribution in [2.45, 2.75) is 123 Å². The molecular formula is C76H87IN2O14S2. The van der Waals surface area contributed by atoms with Gasteiger partial charge in [0.2, 0.25) is 0 Å². The van der Waals surface area contributed by atoms with Gasteiger partial charge in [-0.3, -0.25) is 9.59 Å². The van der Waals surface area contributed by atoms with E-state index < -0.39 is 60.0 Å². The molecule has 2 aliphatic rings. The molecule has 95 heavy (non-hydrogen) atoms. The van der Waals surface area contributed by atoms with E-state index in [9.17, 15) is 14.7 Å². The van der Waals surface area contributed by atoms with Crippen LogP contribution in [-0.2, 0) is 110 Å². The van der Waals surface area contributed by atoms with Gasteiger partial charge in [0, 0.05) is 11.5 Å². The van der Waals surface area contributed by atoms with E-state index in [1.807, 2.05) is 194 Å². The molecule has 0 amide bonds. The van der Waals surface area contributed by atoms with Crippen molar-refractivity contribution in [1.29, 1.82) is 0 Å². The van der Waals surface area contributed by atoms with E-state index in [0.717, 1.165) is 44.5 Å². The second-order valence-electron chi connectivity index (χ2n) is 22.5. The van der Waals surface area contributed by atoms with E-state index >= 15 is 0 Å². The van der Waals surface area contributed by atoms with Crippen LogP contribution in [0, 0.1) is 0 Å². The SMILES string of the molecule is CN[C@@H](CS)C(=O)O.CN[C@@H](CSC1OC(COCc2ccccc2)C(OCc2ccccc2)C(OCc2ccccc2)C1OCc1ccccc1)C(=O)O.IC1OC(COCc2ccccc2)C(OCc2ccccc2)C(OCc2ccccc2)C1OCc1ccccc1. The molecule has 0 radical (unpaired) electrons. The maximum absolute atomic E-state index is 11.9. The Morgan fingerprint density at radius 3 is 0.947 bits per heavy atom. The molecule has 2 saturated heterocycles. The molecular weight excluding hydrogens is 1360 g/mol. The van der Waals surface area contributed by atoms with Crippen molar-refractivity contribution in [3.63, 3.8) is 0 Å². The second kappa shape index (κ2) is 42.4. The van der Waals surface area contributed by atoms with Gasteiger partial charge >= 0.3 is 11.9 Å². The molecule has 12 atom stereocenters. The lowest BCUT2D eigenvalue weighted by Crippen LogP contribution is -2.60. The molecule has 8 aromatic rings. The number of aliphatic carboxylic acids is 2. The van der Waals surface area contributed by atoms with Crippen molar-refractivity contribution >= 4 is 58.9 Å². The van der Waals surface area contributed by atoms with E-state index in [4.69, 9.17) is 52.5 Å². The minimum Gasteiger partial charge on any atom is -0.480 e. The average molecular weight is 1440 g/mol. The first-order chi connectivity index (χ1) is 46.6. The van der Waals surface area contributed by atoms with Crippen LogP contribution in [0.15, 0.2) is 243 Å². The molecule has 2 aliphatic heterocycles. The number of carboxylic acid groups (broad SMARTS) is 2. The number of benzene rings is 8. The number of carbonyl (C=O) groups is 2. The van der Waals surface area contributed by atoms with Gasteiger partial charge in [-0.15, -0.1) is 11.8 Å². The summed E-state index contributed by atoms with van der Waals surface area (Å²) in [6.45, 7) is 3.89. The fourth-order valence-electron chi connectivity index (χ4n) is 10.4. The minimum atomic E-state index is -0.929. The largest absolute Gasteiger partial charge is 0.480 e. The summed E-state index contributed by atoms with van der Waals surface area (Å²) in [4.78, 5) is 22.0. The van der Waals surface area contributed by atoms with Gasteiger partial charge in [0.05, 0.1) is 66.1 Å². The molecule has 0 aromatic heterocycles. The lowest BCUT2D eigenvalue weighted by Gasteiger charge is -2.46. The maximum atomic E-state index is 11.9. The van der Waals surface area contributed by atoms with Crippen LogP contribution in [0.3, 0.4) is 0 Å². The fourth-order valence-corrected chi connectivity index (χ4v) is 13.0. The van der Waals surface area contributed by atoms with Crippen LogP contribution in [-0.4, -0.2) is 131 Å². The molecule has 16 nitrogen and oxygen atoms in total. The second-order valence-corrected chi connectivity index (χ2v) is 25.2. The summed E-state index contributed by atoms with van der Waals surface area (Å²) < 4.78 is 65.3. The fraction of sp³-hybridized carbons (Fsp3) is 0.342. The number of nitrogens with one attached hydrogen (secondary N) is 2. The number of hydrogen-bond donors (Lipinski definition) is 5. The highest BCUT2D eigenvalue weighted by atomic mass is 127. The number of thioether (sulfide) groups is 1. The van der Waals surface area contributed by atoms with Crippen LogP contribution in [0.25, 0.3) is 0 Å². The highest BCUT2D eigenvalue weighted by Crippen LogP contribution is 2.37. The smallest absolute Gasteiger partial charge is 0.321 e. The van der Waals surface area contributed by atoms with Crippen molar-refractivity contribution < 1.29 is 67.2 Å². The van der Waals surface area contributed by atoms with Crippen molar-refractivity contribution in [3.8, 4) is 0 Å². The minimum absolute atomic E-state index is 0.246. The monoisotopic (exact) mass is 1440 g/mol. The number of likely N-dealkylation sites (N-methyl/N-ethyl adjacent to an activating group) is 2. The quantitative estimate of drug-likeness (QED) is 0.0145. The highest BCUT2D eigenvalue weighted by molar-refractivity contribution is 14.1. The number of thiol groups is 1. The summed E-state index contributed by atoms with van der Waals surface area (Å²) in [6.07, 6.45) is -3.64. The van der Waals surface area contributed by atoms with E-state index in [1.165, 1.54) is 11.8 Å². The molecule has 19 heteroatoms. The molecule has 0 bridgehead atoms. The van der Waals surface area contributed by atoms with Crippen LogP contribution in [0.4, 0.5) is 0 Å². The summed E-state index contributed by atoms with van der Waals surface area (Å²) in [5.41, 5.74) is 7.94. The topological polar surface area (TPSA) is 191 Å². The third-order valence-corrected chi connectivity index (χ3v) is 18.2. The number of alkyl halides is 1. The molecule has 2 heterocycles. The Morgan fingerprint density at radius 2 is 0.663 bits per heavy atom. The predicted octanol–water partition coefficient (Wildman–Crippen LogP) is 12.8. The number of carboxylic acids is 2. The Labute approximate surface area is 582 Å². The van der Waals surface area contributed by atoms with E-state index in [2.05, 4.69) is 94.4 Å². The number of rotatable bonds is 34. The molecule has 10 unspecified atom stereocenters. The molecule has 10 rings (SSSR count). The van der Waals surface area contributed by atoms with Gasteiger partial charge in [-0.05, 0) is 81.2 Å². The zero-order valence-electron chi connectivity index (χ0n) is 53.5. The Balaban J connectivity index is 0.000000220. The zero-order chi connectivity index (χ0) is 66.7. The Morgan fingerprint density at radius 1 is 0.400 bits per heavy atom. The molecule has 8 aromatic carbocycles. The molecule has 4 N–H and O–H groups in total. The first-order valence-electron chi connectivity index (χ1n) is 31.7. The van der Waals surface area contributed by atoms with Gasteiger partial charge in [-0.1, -0.05) is 243 Å². The summed E-state index contributed by atoms with van der Waals surface area (Å²) in [5, 5.41) is 23.5. The molecule has 0 spiro atoms. The third-order valence-electron chi connectivity index (χ3n) is 15.6. The third kappa shape index (κ3) is 25.5. The highest BCUT2D eigenvalue weighted by Gasteiger charge is 2.50. The van der Waals surface area contributed by atoms with Gasteiger partial charge in [0.25, 0.3) is 0 Å². The van der Waals surface area contributed by atoms with Crippen molar-refractivity contribution in [1.82, 2.24) is 10.6 Å². The van der Waals surface area contributed by atoms with Gasteiger partial charge in [-0.25, -0.2) is 0 Å². The van der Waals surface area contributed by atoms with Crippen molar-refractivity contribution in [2.24, 2.45) is 0 Å². The Bertz CT molecular complexity index is 3330. The van der Waals surface area contributed by atoms with Crippen LogP contribution >= 0.6 is 47.0 Å². The lowest BCUT2D eigenvalue weighted by molar-refractivity contribution is -0.254. The summed E-state index contributed by atoms with van der Waals surface area (Å²) in [6, 6.07) is 79.3. The first kappa shape index (κ1) is 74.4. The Kier molecular flexibility index (Phi) is 33.2. The van der Waals surface area contributed by atoms with Crippen LogP contribution < -0.4 is 10.6 Å². The first-order valence-corrected chi connectivity index (χ1v) is 34.7. The van der Waals surface area contributed by atoms with Crippen molar-refractivity contribution in [2.75, 3.05) is 38.8 Å². The summed E-state index contributed by atoms with van der Waals surface area (Å²) in [7, 11) is 3.24.